The van der Waals surface area contributed by atoms with Crippen LogP contribution >= 0.6 is 0 Å². The number of hydrogen-bond acceptors (Lipinski definition) is 3. The van der Waals surface area contributed by atoms with Crippen LogP contribution in [-0.4, -0.2) is 54.3 Å². The zero-order valence-electron chi connectivity index (χ0n) is 17.0. The summed E-state index contributed by atoms with van der Waals surface area (Å²) in [5.41, 5.74) is 4.80. The van der Waals surface area contributed by atoms with E-state index < -0.39 is 11.8 Å². The van der Waals surface area contributed by atoms with Gasteiger partial charge in [0.15, 0.2) is 0 Å². The maximum absolute atomic E-state index is 12.8. The number of rotatable bonds is 4. The molecule has 0 unspecified atom stereocenters. The quantitative estimate of drug-likeness (QED) is 0.767. The molecule has 1 fully saturated rings. The number of anilines is 1. The number of amides is 2. The van der Waals surface area contributed by atoms with Crippen LogP contribution in [0.3, 0.4) is 0 Å². The van der Waals surface area contributed by atoms with Crippen LogP contribution in [0.25, 0.3) is 0 Å². The third-order valence-electron chi connectivity index (χ3n) is 5.55. The minimum Gasteiger partial charge on any atom is -0.368 e. The third-order valence-corrected chi connectivity index (χ3v) is 5.55. The molecule has 2 aromatic carbocycles. The van der Waals surface area contributed by atoms with Gasteiger partial charge in [0, 0.05) is 45.0 Å². The van der Waals surface area contributed by atoms with Gasteiger partial charge in [-0.05, 0) is 43.5 Å². The van der Waals surface area contributed by atoms with Crippen LogP contribution in [-0.2, 0) is 16.1 Å². The highest BCUT2D eigenvalue weighted by Crippen LogP contribution is 2.24. The number of nitrogens with zero attached hydrogens (tertiary/aromatic N) is 3. The second-order valence-corrected chi connectivity index (χ2v) is 7.30. The molecule has 148 valence electrons. The Morgan fingerprint density at radius 3 is 2.25 bits per heavy atom. The summed E-state index contributed by atoms with van der Waals surface area (Å²) < 4.78 is 0. The van der Waals surface area contributed by atoms with E-state index in [1.54, 1.807) is 9.80 Å². The van der Waals surface area contributed by atoms with E-state index in [2.05, 4.69) is 36.9 Å². The summed E-state index contributed by atoms with van der Waals surface area (Å²) in [6.07, 6.45) is 0. The maximum atomic E-state index is 12.8. The molecular weight excluding hydrogens is 350 g/mol. The number of aryl methyl sites for hydroxylation is 1. The first-order valence-electron chi connectivity index (χ1n) is 9.94. The van der Waals surface area contributed by atoms with Gasteiger partial charge in [-0.15, -0.1) is 0 Å². The minimum atomic E-state index is -0.411. The SMILES string of the molecule is CCN(Cc1ccccc1)C(=O)C(=O)N1CCN(c2cccc(C)c2C)CC1. The highest BCUT2D eigenvalue weighted by atomic mass is 16.2. The number of carbonyl (C=O) groups excluding carboxylic acids is 2. The van der Waals surface area contributed by atoms with Gasteiger partial charge in [-0.25, -0.2) is 0 Å². The average molecular weight is 380 g/mol. The van der Waals surface area contributed by atoms with Gasteiger partial charge in [-0.3, -0.25) is 9.59 Å². The Hall–Kier alpha value is -2.82. The zero-order valence-corrected chi connectivity index (χ0v) is 17.0. The zero-order chi connectivity index (χ0) is 20.1. The number of piperazine rings is 1. The number of carbonyl (C=O) groups is 2. The van der Waals surface area contributed by atoms with Gasteiger partial charge in [0.05, 0.1) is 0 Å². The normalized spacial score (nSPS) is 14.1. The fraction of sp³-hybridized carbons (Fsp3) is 0.391. The molecule has 2 amide bonds. The van der Waals surface area contributed by atoms with Crippen LogP contribution in [0, 0.1) is 13.8 Å². The smallest absolute Gasteiger partial charge is 0.312 e. The number of benzene rings is 2. The van der Waals surface area contributed by atoms with Crippen molar-refractivity contribution >= 4 is 17.5 Å². The second kappa shape index (κ2) is 8.91. The molecule has 28 heavy (non-hydrogen) atoms. The van der Waals surface area contributed by atoms with Crippen molar-refractivity contribution in [1.82, 2.24) is 9.80 Å². The summed E-state index contributed by atoms with van der Waals surface area (Å²) in [5, 5.41) is 0. The Labute approximate surface area is 167 Å². The van der Waals surface area contributed by atoms with E-state index in [1.165, 1.54) is 16.8 Å². The largest absolute Gasteiger partial charge is 0.368 e. The predicted octanol–water partition coefficient (Wildman–Crippen LogP) is 3.00. The van der Waals surface area contributed by atoms with Crippen LogP contribution < -0.4 is 4.90 Å². The van der Waals surface area contributed by atoms with E-state index in [9.17, 15) is 9.59 Å². The molecule has 0 atom stereocenters. The van der Waals surface area contributed by atoms with Crippen LogP contribution in [0.15, 0.2) is 48.5 Å². The Kier molecular flexibility index (Phi) is 6.34. The van der Waals surface area contributed by atoms with Crippen LogP contribution in [0.5, 0.6) is 0 Å². The van der Waals surface area contributed by atoms with E-state index in [4.69, 9.17) is 0 Å². The van der Waals surface area contributed by atoms with Crippen molar-refractivity contribution in [3.05, 3.63) is 65.2 Å². The second-order valence-electron chi connectivity index (χ2n) is 7.30. The Morgan fingerprint density at radius 2 is 1.61 bits per heavy atom. The molecule has 1 heterocycles. The van der Waals surface area contributed by atoms with Crippen molar-refractivity contribution in [3.63, 3.8) is 0 Å². The molecule has 0 N–H and O–H groups in total. The topological polar surface area (TPSA) is 43.9 Å². The first kappa shape index (κ1) is 19.9. The molecule has 1 aliphatic rings. The average Bonchev–Trinajstić information content (AvgIpc) is 2.74. The van der Waals surface area contributed by atoms with Gasteiger partial charge in [0.25, 0.3) is 0 Å². The van der Waals surface area contributed by atoms with Crippen molar-refractivity contribution in [2.75, 3.05) is 37.6 Å². The van der Waals surface area contributed by atoms with E-state index in [-0.39, 0.29) is 0 Å². The van der Waals surface area contributed by atoms with E-state index in [1.807, 2.05) is 37.3 Å². The highest BCUT2D eigenvalue weighted by Gasteiger charge is 2.29. The fourth-order valence-electron chi connectivity index (χ4n) is 3.63. The third kappa shape index (κ3) is 4.35. The minimum absolute atomic E-state index is 0.390. The molecule has 5 nitrogen and oxygen atoms in total. The molecular formula is C23H29N3O2. The lowest BCUT2D eigenvalue weighted by molar-refractivity contribution is -0.152. The van der Waals surface area contributed by atoms with E-state index in [0.29, 0.717) is 26.2 Å². The lowest BCUT2D eigenvalue weighted by atomic mass is 10.1. The first-order chi connectivity index (χ1) is 13.5. The van der Waals surface area contributed by atoms with Crippen molar-refractivity contribution in [2.45, 2.75) is 27.3 Å². The molecule has 0 radical (unpaired) electrons. The predicted molar refractivity (Wildman–Crippen MR) is 112 cm³/mol. The van der Waals surface area contributed by atoms with Crippen molar-refractivity contribution in [2.24, 2.45) is 0 Å². The fourth-order valence-corrected chi connectivity index (χ4v) is 3.63. The molecule has 0 bridgehead atoms. The van der Waals surface area contributed by atoms with E-state index >= 15 is 0 Å². The van der Waals surface area contributed by atoms with Gasteiger partial charge >= 0.3 is 11.8 Å². The van der Waals surface area contributed by atoms with Gasteiger partial charge < -0.3 is 14.7 Å². The summed E-state index contributed by atoms with van der Waals surface area (Å²) in [4.78, 5) is 31.1. The van der Waals surface area contributed by atoms with Gasteiger partial charge in [0.1, 0.15) is 0 Å². The lowest BCUT2D eigenvalue weighted by Crippen LogP contribution is -2.53. The maximum Gasteiger partial charge on any atom is 0.312 e. The molecule has 2 aromatic rings. The van der Waals surface area contributed by atoms with Crippen LogP contribution in [0.2, 0.25) is 0 Å². The summed E-state index contributed by atoms with van der Waals surface area (Å²) in [5.74, 6) is -0.801. The first-order valence-corrected chi connectivity index (χ1v) is 9.94. The number of likely N-dealkylation sites (N-methyl/N-ethyl adjacent to an activating group) is 1. The molecule has 1 saturated heterocycles. The molecule has 0 saturated carbocycles. The lowest BCUT2D eigenvalue weighted by Gasteiger charge is -2.37. The standard InChI is InChI=1S/C23H29N3O2/c1-4-24(17-20-10-6-5-7-11-20)22(27)23(28)26-15-13-25(14-16-26)21-12-8-9-18(2)19(21)3/h5-12H,4,13-17H2,1-3H3. The van der Waals surface area contributed by atoms with Crippen molar-refractivity contribution in [1.29, 1.82) is 0 Å². The molecule has 1 aliphatic heterocycles. The highest BCUT2D eigenvalue weighted by molar-refractivity contribution is 6.34. The molecule has 3 rings (SSSR count). The molecule has 0 aromatic heterocycles. The van der Waals surface area contributed by atoms with Crippen LogP contribution in [0.4, 0.5) is 5.69 Å². The van der Waals surface area contributed by atoms with Crippen molar-refractivity contribution in [3.8, 4) is 0 Å². The molecule has 0 spiro atoms. The Balaban J connectivity index is 1.61. The Morgan fingerprint density at radius 1 is 0.929 bits per heavy atom. The number of hydrogen-bond donors (Lipinski definition) is 0. The summed E-state index contributed by atoms with van der Waals surface area (Å²) >= 11 is 0. The van der Waals surface area contributed by atoms with Crippen LogP contribution in [0.1, 0.15) is 23.6 Å². The summed E-state index contributed by atoms with van der Waals surface area (Å²) in [6, 6.07) is 16.1. The van der Waals surface area contributed by atoms with Gasteiger partial charge in [-0.1, -0.05) is 42.5 Å². The molecule has 5 heteroatoms. The summed E-state index contributed by atoms with van der Waals surface area (Å²) in [6.45, 7) is 9.76. The van der Waals surface area contributed by atoms with E-state index in [0.717, 1.165) is 18.7 Å². The molecule has 0 aliphatic carbocycles. The Bertz CT molecular complexity index is 827. The summed E-state index contributed by atoms with van der Waals surface area (Å²) in [7, 11) is 0. The van der Waals surface area contributed by atoms with Gasteiger partial charge in [-0.2, -0.15) is 0 Å². The van der Waals surface area contributed by atoms with Crippen molar-refractivity contribution < 1.29 is 9.59 Å². The monoisotopic (exact) mass is 379 g/mol. The van der Waals surface area contributed by atoms with Gasteiger partial charge in [0.2, 0.25) is 0 Å².